The zero-order valence-electron chi connectivity index (χ0n) is 10.5. The number of imidazole rings is 1. The van der Waals surface area contributed by atoms with Crippen molar-refractivity contribution < 1.29 is 4.79 Å². The first-order valence-corrected chi connectivity index (χ1v) is 6.14. The van der Waals surface area contributed by atoms with Gasteiger partial charge in [-0.3, -0.25) is 4.79 Å². The van der Waals surface area contributed by atoms with Crippen molar-refractivity contribution in [2.24, 2.45) is 0 Å². The molecule has 0 saturated heterocycles. The molecule has 0 aromatic carbocycles. The highest BCUT2D eigenvalue weighted by Gasteiger charge is 2.16. The largest absolute Gasteiger partial charge is 0.305 e. The third-order valence-electron chi connectivity index (χ3n) is 2.84. The minimum atomic E-state index is -0.245. The van der Waals surface area contributed by atoms with Crippen molar-refractivity contribution in [2.45, 2.75) is 13.8 Å². The molecule has 0 unspecified atom stereocenters. The lowest BCUT2D eigenvalue weighted by Crippen LogP contribution is -2.15. The predicted octanol–water partition coefficient (Wildman–Crippen LogP) is 2.49. The van der Waals surface area contributed by atoms with E-state index in [1.54, 1.807) is 28.9 Å². The lowest BCUT2D eigenvalue weighted by atomic mass is 10.4. The average Bonchev–Trinajstić information content (AvgIpc) is 2.91. The van der Waals surface area contributed by atoms with Crippen LogP contribution in [0.4, 0.5) is 0 Å². The number of carbonyl (C=O) groups excluding carboxylic acids is 1. The van der Waals surface area contributed by atoms with E-state index in [0.717, 1.165) is 11.4 Å². The van der Waals surface area contributed by atoms with Crippen molar-refractivity contribution >= 4 is 23.2 Å². The summed E-state index contributed by atoms with van der Waals surface area (Å²) in [5.74, 6) is -0.245. The van der Waals surface area contributed by atoms with E-state index < -0.39 is 0 Å². The zero-order valence-corrected chi connectivity index (χ0v) is 11.2. The van der Waals surface area contributed by atoms with Gasteiger partial charge in [0.1, 0.15) is 11.3 Å². The third kappa shape index (κ3) is 2.02. The fourth-order valence-electron chi connectivity index (χ4n) is 2.01. The van der Waals surface area contributed by atoms with Crippen LogP contribution in [0.25, 0.3) is 5.65 Å². The number of hydrogen-bond acceptors (Lipinski definition) is 3. The number of aromatic nitrogens is 4. The van der Waals surface area contributed by atoms with E-state index in [9.17, 15) is 4.79 Å². The highest BCUT2D eigenvalue weighted by molar-refractivity contribution is 6.30. The Bertz CT molecular complexity index is 787. The van der Waals surface area contributed by atoms with Crippen molar-refractivity contribution in [2.75, 3.05) is 0 Å². The van der Waals surface area contributed by atoms with Gasteiger partial charge in [0, 0.05) is 18.1 Å². The molecule has 6 heteroatoms. The van der Waals surface area contributed by atoms with Gasteiger partial charge in [-0.1, -0.05) is 11.6 Å². The summed E-state index contributed by atoms with van der Waals surface area (Å²) < 4.78 is 3.08. The number of aryl methyl sites for hydroxylation is 2. The summed E-state index contributed by atoms with van der Waals surface area (Å²) >= 11 is 5.90. The van der Waals surface area contributed by atoms with Gasteiger partial charge in [0.2, 0.25) is 0 Å². The van der Waals surface area contributed by atoms with Crippen LogP contribution in [0.2, 0.25) is 5.02 Å². The van der Waals surface area contributed by atoms with Crippen molar-refractivity contribution in [3.05, 3.63) is 52.7 Å². The minimum absolute atomic E-state index is 0.245. The summed E-state index contributed by atoms with van der Waals surface area (Å²) in [5, 5.41) is 4.76. The van der Waals surface area contributed by atoms with Gasteiger partial charge in [-0.2, -0.15) is 9.78 Å². The van der Waals surface area contributed by atoms with Crippen LogP contribution in [0.1, 0.15) is 21.9 Å². The molecule has 3 aromatic heterocycles. The quantitative estimate of drug-likeness (QED) is 0.685. The zero-order chi connectivity index (χ0) is 13.6. The Kier molecular flexibility index (Phi) is 2.64. The number of hydrogen-bond donors (Lipinski definition) is 0. The van der Waals surface area contributed by atoms with Gasteiger partial charge < -0.3 is 4.40 Å². The van der Waals surface area contributed by atoms with Crippen molar-refractivity contribution in [1.82, 2.24) is 19.2 Å². The van der Waals surface area contributed by atoms with E-state index in [4.69, 9.17) is 11.6 Å². The highest BCUT2D eigenvalue weighted by atomic mass is 35.5. The summed E-state index contributed by atoms with van der Waals surface area (Å²) in [4.78, 5) is 16.6. The molecular weight excluding hydrogens is 264 g/mol. The molecule has 0 aliphatic carbocycles. The van der Waals surface area contributed by atoms with E-state index in [1.807, 2.05) is 19.9 Å². The molecule has 3 rings (SSSR count). The summed E-state index contributed by atoms with van der Waals surface area (Å²) in [5.41, 5.74) is 2.61. The first kappa shape index (κ1) is 11.9. The van der Waals surface area contributed by atoms with Crippen LogP contribution in [0.3, 0.4) is 0 Å². The van der Waals surface area contributed by atoms with Crippen LogP contribution in [0, 0.1) is 13.8 Å². The number of carbonyl (C=O) groups is 1. The second-order valence-electron chi connectivity index (χ2n) is 4.38. The van der Waals surface area contributed by atoms with Crippen LogP contribution >= 0.6 is 11.6 Å². The van der Waals surface area contributed by atoms with Crippen molar-refractivity contribution in [3.8, 4) is 0 Å². The number of halogens is 1. The van der Waals surface area contributed by atoms with Gasteiger partial charge >= 0.3 is 0 Å². The molecule has 0 radical (unpaired) electrons. The normalized spacial score (nSPS) is 11.1. The Morgan fingerprint density at radius 1 is 1.26 bits per heavy atom. The topological polar surface area (TPSA) is 52.2 Å². The van der Waals surface area contributed by atoms with Crippen LogP contribution in [0.15, 0.2) is 30.6 Å². The maximum atomic E-state index is 12.3. The number of nitrogens with zero attached hydrogens (tertiary/aromatic N) is 4. The van der Waals surface area contributed by atoms with E-state index in [1.165, 1.54) is 4.68 Å². The van der Waals surface area contributed by atoms with Crippen LogP contribution in [-0.2, 0) is 0 Å². The standard InChI is InChI=1S/C13H11ClN4O/c1-8-5-9(2)18(16-8)13(19)11-7-17-6-10(14)3-4-12(17)15-11/h3-7H,1-2H3. The summed E-state index contributed by atoms with van der Waals surface area (Å²) in [6.07, 6.45) is 3.36. The second kappa shape index (κ2) is 4.20. The fraction of sp³-hybridized carbons (Fsp3) is 0.154. The molecule has 0 saturated carbocycles. The van der Waals surface area contributed by atoms with Crippen LogP contribution in [0.5, 0.6) is 0 Å². The van der Waals surface area contributed by atoms with Crippen molar-refractivity contribution in [1.29, 1.82) is 0 Å². The molecule has 3 heterocycles. The monoisotopic (exact) mass is 274 g/mol. The lowest BCUT2D eigenvalue weighted by Gasteiger charge is -1.98. The summed E-state index contributed by atoms with van der Waals surface area (Å²) in [7, 11) is 0. The van der Waals surface area contributed by atoms with Gasteiger partial charge in [0.15, 0.2) is 0 Å². The number of rotatable bonds is 1. The maximum absolute atomic E-state index is 12.3. The molecule has 0 amide bonds. The van der Waals surface area contributed by atoms with Gasteiger partial charge in [-0.15, -0.1) is 0 Å². The Morgan fingerprint density at radius 3 is 2.74 bits per heavy atom. The molecule has 0 bridgehead atoms. The molecule has 19 heavy (non-hydrogen) atoms. The predicted molar refractivity (Wildman–Crippen MR) is 71.6 cm³/mol. The molecule has 3 aromatic rings. The highest BCUT2D eigenvalue weighted by Crippen LogP contribution is 2.13. The van der Waals surface area contributed by atoms with Crippen LogP contribution in [-0.4, -0.2) is 25.1 Å². The Labute approximate surface area is 114 Å². The molecule has 0 aliphatic heterocycles. The Hall–Kier alpha value is -2.14. The van der Waals surface area contributed by atoms with Crippen molar-refractivity contribution in [3.63, 3.8) is 0 Å². The summed E-state index contributed by atoms with van der Waals surface area (Å²) in [6, 6.07) is 5.35. The SMILES string of the molecule is Cc1cc(C)n(C(=O)c2cn3cc(Cl)ccc3n2)n1. The molecule has 0 spiro atoms. The first-order valence-electron chi connectivity index (χ1n) is 5.77. The molecule has 0 fully saturated rings. The van der Waals surface area contributed by atoms with Gasteiger partial charge in [-0.05, 0) is 32.0 Å². The molecule has 0 atom stereocenters. The van der Waals surface area contributed by atoms with Gasteiger partial charge in [-0.25, -0.2) is 4.98 Å². The van der Waals surface area contributed by atoms with E-state index in [2.05, 4.69) is 10.1 Å². The number of fused-ring (bicyclic) bond motifs is 1. The number of pyridine rings is 1. The molecular formula is C13H11ClN4O. The third-order valence-corrected chi connectivity index (χ3v) is 3.06. The second-order valence-corrected chi connectivity index (χ2v) is 4.82. The molecule has 96 valence electrons. The van der Waals surface area contributed by atoms with Crippen LogP contribution < -0.4 is 0 Å². The molecule has 5 nitrogen and oxygen atoms in total. The fourth-order valence-corrected chi connectivity index (χ4v) is 2.18. The average molecular weight is 275 g/mol. The summed E-state index contributed by atoms with van der Waals surface area (Å²) in [6.45, 7) is 3.69. The van der Waals surface area contributed by atoms with Gasteiger partial charge in [0.05, 0.1) is 10.7 Å². The van der Waals surface area contributed by atoms with Gasteiger partial charge in [0.25, 0.3) is 5.91 Å². The maximum Gasteiger partial charge on any atom is 0.298 e. The molecule has 0 aliphatic rings. The first-order chi connectivity index (χ1) is 9.04. The van der Waals surface area contributed by atoms with E-state index >= 15 is 0 Å². The van der Waals surface area contributed by atoms with E-state index in [0.29, 0.717) is 16.4 Å². The Balaban J connectivity index is 2.09. The van der Waals surface area contributed by atoms with E-state index in [-0.39, 0.29) is 5.91 Å². The smallest absolute Gasteiger partial charge is 0.298 e. The Morgan fingerprint density at radius 2 is 2.05 bits per heavy atom. The molecule has 0 N–H and O–H groups in total. The minimum Gasteiger partial charge on any atom is -0.305 e. The lowest BCUT2D eigenvalue weighted by molar-refractivity contribution is 0.0938.